The molecular weight excluding hydrogens is 418 g/mol. The van der Waals surface area contributed by atoms with Gasteiger partial charge in [-0.1, -0.05) is 12.1 Å². The van der Waals surface area contributed by atoms with Crippen molar-refractivity contribution in [1.29, 1.82) is 0 Å². The average molecular weight is 444 g/mol. The second-order valence-corrected chi connectivity index (χ2v) is 8.72. The van der Waals surface area contributed by atoms with Crippen LogP contribution in [0, 0.1) is 5.92 Å². The van der Waals surface area contributed by atoms with Crippen LogP contribution in [-0.2, 0) is 9.53 Å². The van der Waals surface area contributed by atoms with Crippen molar-refractivity contribution in [2.45, 2.75) is 25.8 Å². The second-order valence-electron chi connectivity index (χ2n) is 8.72. The van der Waals surface area contributed by atoms with E-state index in [1.807, 2.05) is 36.5 Å². The number of pyridine rings is 1. The van der Waals surface area contributed by atoms with E-state index in [9.17, 15) is 4.79 Å². The minimum atomic E-state index is 0.110. The van der Waals surface area contributed by atoms with Gasteiger partial charge in [0.05, 0.1) is 31.6 Å². The van der Waals surface area contributed by atoms with Gasteiger partial charge in [-0.15, -0.1) is 0 Å². The molecule has 0 radical (unpaired) electrons. The SMILES string of the molecule is C[C@@H]1COCCN1c1cc(-c2ccc(NC(=O)C3CC3)cc2)c2cnn(-c3ccn[nH]3)c2n1. The lowest BCUT2D eigenvalue weighted by molar-refractivity contribution is -0.117. The van der Waals surface area contributed by atoms with Crippen molar-refractivity contribution < 1.29 is 9.53 Å². The zero-order chi connectivity index (χ0) is 22.4. The van der Waals surface area contributed by atoms with Crippen molar-refractivity contribution in [2.24, 2.45) is 5.92 Å². The molecule has 1 atom stereocenters. The minimum Gasteiger partial charge on any atom is -0.377 e. The van der Waals surface area contributed by atoms with Gasteiger partial charge >= 0.3 is 0 Å². The lowest BCUT2D eigenvalue weighted by Crippen LogP contribution is -2.44. The van der Waals surface area contributed by atoms with Gasteiger partial charge in [0.1, 0.15) is 5.82 Å². The first-order valence-corrected chi connectivity index (χ1v) is 11.3. The number of nitrogens with one attached hydrogen (secondary N) is 2. The van der Waals surface area contributed by atoms with Crippen LogP contribution in [0.2, 0.25) is 0 Å². The lowest BCUT2D eigenvalue weighted by atomic mass is 10.0. The molecule has 0 spiro atoms. The number of aromatic amines is 1. The summed E-state index contributed by atoms with van der Waals surface area (Å²) in [5.74, 6) is 1.93. The lowest BCUT2D eigenvalue weighted by Gasteiger charge is -2.34. The molecule has 0 unspecified atom stereocenters. The molecule has 1 aliphatic carbocycles. The monoisotopic (exact) mass is 443 g/mol. The Morgan fingerprint density at radius 3 is 2.79 bits per heavy atom. The number of H-pyrrole nitrogens is 1. The maximum Gasteiger partial charge on any atom is 0.227 e. The summed E-state index contributed by atoms with van der Waals surface area (Å²) in [5.41, 5.74) is 3.66. The van der Waals surface area contributed by atoms with E-state index in [1.54, 1.807) is 10.9 Å². The number of nitrogens with zero attached hydrogens (tertiary/aromatic N) is 5. The van der Waals surface area contributed by atoms with Crippen molar-refractivity contribution >= 4 is 28.4 Å². The Balaban J connectivity index is 1.44. The first-order valence-electron chi connectivity index (χ1n) is 11.3. The maximum absolute atomic E-state index is 12.1. The zero-order valence-electron chi connectivity index (χ0n) is 18.4. The third kappa shape index (κ3) is 3.74. The summed E-state index contributed by atoms with van der Waals surface area (Å²) >= 11 is 0. The summed E-state index contributed by atoms with van der Waals surface area (Å²) in [5, 5.41) is 15.6. The zero-order valence-corrected chi connectivity index (χ0v) is 18.4. The van der Waals surface area contributed by atoms with Crippen LogP contribution in [0.5, 0.6) is 0 Å². The number of aromatic nitrogens is 5. The normalized spacial score (nSPS) is 18.6. The Hall–Kier alpha value is -3.72. The van der Waals surface area contributed by atoms with Crippen LogP contribution in [-0.4, -0.2) is 56.7 Å². The number of fused-ring (bicyclic) bond motifs is 1. The highest BCUT2D eigenvalue weighted by Crippen LogP contribution is 2.34. The predicted octanol–water partition coefficient (Wildman–Crippen LogP) is 3.38. The van der Waals surface area contributed by atoms with Gasteiger partial charge in [0.25, 0.3) is 0 Å². The molecule has 1 aliphatic heterocycles. The van der Waals surface area contributed by atoms with E-state index < -0.39 is 0 Å². The predicted molar refractivity (Wildman–Crippen MR) is 125 cm³/mol. The molecule has 0 bridgehead atoms. The number of ether oxygens (including phenoxy) is 1. The molecule has 1 saturated heterocycles. The molecule has 9 nitrogen and oxygen atoms in total. The maximum atomic E-state index is 12.1. The first-order chi connectivity index (χ1) is 16.2. The van der Waals surface area contributed by atoms with Crippen molar-refractivity contribution in [3.8, 4) is 16.9 Å². The van der Waals surface area contributed by atoms with Gasteiger partial charge in [-0.2, -0.15) is 14.9 Å². The topological polar surface area (TPSA) is 101 Å². The molecule has 1 amide bonds. The van der Waals surface area contributed by atoms with Crippen LogP contribution in [0.15, 0.2) is 48.8 Å². The highest BCUT2D eigenvalue weighted by atomic mass is 16.5. The van der Waals surface area contributed by atoms with E-state index in [2.05, 4.69) is 38.5 Å². The summed E-state index contributed by atoms with van der Waals surface area (Å²) < 4.78 is 7.42. The third-order valence-electron chi connectivity index (χ3n) is 6.32. The van der Waals surface area contributed by atoms with Crippen LogP contribution in [0.1, 0.15) is 19.8 Å². The Bertz CT molecular complexity index is 1290. The van der Waals surface area contributed by atoms with E-state index in [0.717, 1.165) is 58.9 Å². The molecule has 4 heterocycles. The number of morpholine rings is 1. The van der Waals surface area contributed by atoms with Crippen LogP contribution in [0.3, 0.4) is 0 Å². The van der Waals surface area contributed by atoms with Gasteiger partial charge in [0.15, 0.2) is 11.5 Å². The molecule has 3 aromatic heterocycles. The van der Waals surface area contributed by atoms with Crippen molar-refractivity contribution in [1.82, 2.24) is 25.0 Å². The van der Waals surface area contributed by atoms with Crippen molar-refractivity contribution in [3.63, 3.8) is 0 Å². The number of carbonyl (C=O) groups excluding carboxylic acids is 1. The fourth-order valence-electron chi connectivity index (χ4n) is 4.31. The highest BCUT2D eigenvalue weighted by Gasteiger charge is 2.29. The summed E-state index contributed by atoms with van der Waals surface area (Å²) in [6.45, 7) is 4.27. The van der Waals surface area contributed by atoms with Crippen LogP contribution in [0.4, 0.5) is 11.5 Å². The number of carbonyl (C=O) groups is 1. The molecule has 1 aromatic carbocycles. The molecule has 33 heavy (non-hydrogen) atoms. The summed E-state index contributed by atoms with van der Waals surface area (Å²) in [4.78, 5) is 19.4. The van der Waals surface area contributed by atoms with Gasteiger partial charge in [-0.05, 0) is 49.1 Å². The molecular formula is C24H25N7O2. The van der Waals surface area contributed by atoms with Crippen molar-refractivity contribution in [3.05, 3.63) is 48.8 Å². The Morgan fingerprint density at radius 1 is 1.21 bits per heavy atom. The number of benzene rings is 1. The third-order valence-corrected chi connectivity index (χ3v) is 6.32. The van der Waals surface area contributed by atoms with E-state index in [0.29, 0.717) is 13.2 Å². The average Bonchev–Trinajstić information content (AvgIpc) is 3.38. The van der Waals surface area contributed by atoms with Crippen LogP contribution < -0.4 is 10.2 Å². The summed E-state index contributed by atoms with van der Waals surface area (Å²) in [6.07, 6.45) is 5.52. The number of hydrogen-bond acceptors (Lipinski definition) is 6. The standard InChI is InChI=1S/C24H25N7O2/c1-15-14-33-11-10-30(15)22-12-19(16-4-6-18(7-5-16)27-24(32)17-2-3-17)20-13-26-31(23(20)28-22)21-8-9-25-29-21/h4-9,12-13,15,17H,2-3,10-11,14H2,1H3,(H,25,29)(H,27,32)/t15-/m1/s1. The van der Waals surface area contributed by atoms with E-state index in [-0.39, 0.29) is 17.9 Å². The minimum absolute atomic E-state index is 0.110. The van der Waals surface area contributed by atoms with Gasteiger partial charge in [-0.25, -0.2) is 4.98 Å². The fraction of sp³-hybridized carbons (Fsp3) is 0.333. The first kappa shape index (κ1) is 19.9. The van der Waals surface area contributed by atoms with Crippen molar-refractivity contribution in [2.75, 3.05) is 30.0 Å². The van der Waals surface area contributed by atoms with Crippen LogP contribution in [0.25, 0.3) is 28.0 Å². The molecule has 6 rings (SSSR count). The summed E-state index contributed by atoms with van der Waals surface area (Å²) in [7, 11) is 0. The quantitative estimate of drug-likeness (QED) is 0.490. The smallest absolute Gasteiger partial charge is 0.227 e. The largest absolute Gasteiger partial charge is 0.377 e. The molecule has 2 aliphatic rings. The van der Waals surface area contributed by atoms with E-state index in [1.165, 1.54) is 0 Å². The number of hydrogen-bond donors (Lipinski definition) is 2. The second kappa shape index (κ2) is 8.00. The molecule has 2 fully saturated rings. The van der Waals surface area contributed by atoms with Gasteiger partial charge in [0.2, 0.25) is 5.91 Å². The molecule has 2 N–H and O–H groups in total. The van der Waals surface area contributed by atoms with E-state index in [4.69, 9.17) is 9.72 Å². The van der Waals surface area contributed by atoms with Gasteiger partial charge in [-0.3, -0.25) is 9.89 Å². The number of anilines is 2. The Labute approximate surface area is 190 Å². The number of rotatable bonds is 5. The fourth-order valence-corrected chi connectivity index (χ4v) is 4.31. The highest BCUT2D eigenvalue weighted by molar-refractivity contribution is 5.97. The van der Waals surface area contributed by atoms with Gasteiger partial charge in [0, 0.05) is 29.6 Å². The van der Waals surface area contributed by atoms with E-state index >= 15 is 0 Å². The number of amides is 1. The summed E-state index contributed by atoms with van der Waals surface area (Å²) in [6, 6.07) is 12.2. The molecule has 168 valence electrons. The Morgan fingerprint density at radius 2 is 2.06 bits per heavy atom. The van der Waals surface area contributed by atoms with Crippen LogP contribution >= 0.6 is 0 Å². The molecule has 4 aromatic rings. The molecule has 9 heteroatoms. The van der Waals surface area contributed by atoms with Gasteiger partial charge < -0.3 is 15.0 Å². The molecule has 1 saturated carbocycles. The Kier molecular flexibility index (Phi) is 4.83.